The first-order valence-electron chi connectivity index (χ1n) is 3.53. The van der Waals surface area contributed by atoms with Crippen LogP contribution in [0.4, 0.5) is 0 Å². The molecule has 0 heterocycles. The molecule has 2 N–H and O–H groups in total. The first-order valence-corrected chi connectivity index (χ1v) is 5.35. The maximum absolute atomic E-state index is 10.8. The van der Waals surface area contributed by atoms with Crippen LogP contribution in [0.5, 0.6) is 0 Å². The van der Waals surface area contributed by atoms with E-state index in [-0.39, 0.29) is 5.75 Å². The summed E-state index contributed by atoms with van der Waals surface area (Å²) in [6.45, 7) is 2.25. The number of sulfone groups is 1. The SMILES string of the molecule is CCS(=O)(=O)CCCCN. The summed E-state index contributed by atoms with van der Waals surface area (Å²) in [5, 5.41) is 0. The highest BCUT2D eigenvalue weighted by molar-refractivity contribution is 7.91. The molecule has 4 heteroatoms. The number of hydrogen-bond acceptors (Lipinski definition) is 3. The van der Waals surface area contributed by atoms with E-state index in [1.54, 1.807) is 6.92 Å². The van der Waals surface area contributed by atoms with Gasteiger partial charge in [-0.05, 0) is 19.4 Å². The summed E-state index contributed by atoms with van der Waals surface area (Å²) >= 11 is 0. The predicted octanol–water partition coefficient (Wildman–Crippen LogP) is 0.160. The van der Waals surface area contributed by atoms with Crippen LogP contribution in [0.15, 0.2) is 0 Å². The minimum atomic E-state index is -2.75. The highest BCUT2D eigenvalue weighted by Crippen LogP contribution is 1.95. The van der Waals surface area contributed by atoms with Gasteiger partial charge in [-0.3, -0.25) is 0 Å². The molecular weight excluding hydrogens is 150 g/mol. The Bertz CT molecular complexity index is 163. The molecule has 0 spiro atoms. The van der Waals surface area contributed by atoms with Crippen LogP contribution in [0.1, 0.15) is 19.8 Å². The maximum Gasteiger partial charge on any atom is 0.150 e. The minimum Gasteiger partial charge on any atom is -0.330 e. The summed E-state index contributed by atoms with van der Waals surface area (Å²) in [5.74, 6) is 0.540. The fourth-order valence-electron chi connectivity index (χ4n) is 0.611. The monoisotopic (exact) mass is 165 g/mol. The molecule has 0 aromatic rings. The van der Waals surface area contributed by atoms with E-state index in [1.807, 2.05) is 0 Å². The van der Waals surface area contributed by atoms with Gasteiger partial charge in [0.15, 0.2) is 0 Å². The van der Waals surface area contributed by atoms with E-state index in [4.69, 9.17) is 5.73 Å². The van der Waals surface area contributed by atoms with Crippen LogP contribution in [0.25, 0.3) is 0 Å². The van der Waals surface area contributed by atoms with Crippen LogP contribution in [-0.4, -0.2) is 26.5 Å². The second-order valence-corrected chi connectivity index (χ2v) is 4.70. The highest BCUT2D eigenvalue weighted by Gasteiger charge is 2.04. The third-order valence-electron chi connectivity index (χ3n) is 1.35. The zero-order valence-electron chi connectivity index (χ0n) is 6.34. The van der Waals surface area contributed by atoms with Crippen molar-refractivity contribution in [3.8, 4) is 0 Å². The average Bonchev–Trinajstić information content (AvgIpc) is 1.89. The number of unbranched alkanes of at least 4 members (excludes halogenated alkanes) is 1. The van der Waals surface area contributed by atoms with Gasteiger partial charge in [0.2, 0.25) is 0 Å². The third kappa shape index (κ3) is 4.76. The molecule has 3 nitrogen and oxygen atoms in total. The lowest BCUT2D eigenvalue weighted by molar-refractivity contribution is 0.593. The van der Waals surface area contributed by atoms with Crippen LogP contribution in [0.3, 0.4) is 0 Å². The lowest BCUT2D eigenvalue weighted by Crippen LogP contribution is -2.10. The van der Waals surface area contributed by atoms with Gasteiger partial charge in [0.1, 0.15) is 9.84 Å². The van der Waals surface area contributed by atoms with Crippen LogP contribution < -0.4 is 5.73 Å². The maximum atomic E-state index is 10.8. The van der Waals surface area contributed by atoms with Gasteiger partial charge < -0.3 is 5.73 Å². The van der Waals surface area contributed by atoms with Crippen molar-refractivity contribution in [2.24, 2.45) is 5.73 Å². The van der Waals surface area contributed by atoms with Crippen molar-refractivity contribution in [3.63, 3.8) is 0 Å². The smallest absolute Gasteiger partial charge is 0.150 e. The van der Waals surface area contributed by atoms with Gasteiger partial charge in [0.25, 0.3) is 0 Å². The van der Waals surface area contributed by atoms with Crippen molar-refractivity contribution < 1.29 is 8.42 Å². The lowest BCUT2D eigenvalue weighted by Gasteiger charge is -1.98. The number of nitrogens with two attached hydrogens (primary N) is 1. The van der Waals surface area contributed by atoms with E-state index in [9.17, 15) is 8.42 Å². The molecule has 0 aromatic carbocycles. The Morgan fingerprint density at radius 2 is 1.90 bits per heavy atom. The standard InChI is InChI=1S/C6H15NO2S/c1-2-10(8,9)6-4-3-5-7/h2-7H2,1H3. The fourth-order valence-corrected chi connectivity index (χ4v) is 1.54. The van der Waals surface area contributed by atoms with Gasteiger partial charge in [-0.2, -0.15) is 0 Å². The van der Waals surface area contributed by atoms with Crippen molar-refractivity contribution in [2.45, 2.75) is 19.8 Å². The van der Waals surface area contributed by atoms with Crippen LogP contribution >= 0.6 is 0 Å². The summed E-state index contributed by atoms with van der Waals surface area (Å²) in [6.07, 6.45) is 1.51. The van der Waals surface area contributed by atoms with E-state index in [1.165, 1.54) is 0 Å². The molecule has 0 rings (SSSR count). The molecule has 10 heavy (non-hydrogen) atoms. The van der Waals surface area contributed by atoms with E-state index in [2.05, 4.69) is 0 Å². The minimum absolute atomic E-state index is 0.248. The van der Waals surface area contributed by atoms with Gasteiger partial charge in [-0.15, -0.1) is 0 Å². The van der Waals surface area contributed by atoms with Gasteiger partial charge >= 0.3 is 0 Å². The molecule has 0 aromatic heterocycles. The molecule has 0 bridgehead atoms. The lowest BCUT2D eigenvalue weighted by atomic mass is 10.3. The molecule has 0 fully saturated rings. The summed E-state index contributed by atoms with van der Waals surface area (Å²) in [7, 11) is -2.75. The van der Waals surface area contributed by atoms with Crippen LogP contribution in [0, 0.1) is 0 Å². The largest absolute Gasteiger partial charge is 0.330 e. The number of hydrogen-bond donors (Lipinski definition) is 1. The van der Waals surface area contributed by atoms with E-state index >= 15 is 0 Å². The molecule has 0 atom stereocenters. The van der Waals surface area contributed by atoms with Crippen molar-refractivity contribution >= 4 is 9.84 Å². The van der Waals surface area contributed by atoms with Crippen molar-refractivity contribution in [1.29, 1.82) is 0 Å². The topological polar surface area (TPSA) is 60.2 Å². The second-order valence-electron chi connectivity index (χ2n) is 2.23. The Labute approximate surface area is 62.5 Å². The summed E-state index contributed by atoms with van der Waals surface area (Å²) in [4.78, 5) is 0. The average molecular weight is 165 g/mol. The van der Waals surface area contributed by atoms with Crippen molar-refractivity contribution in [1.82, 2.24) is 0 Å². The Balaban J connectivity index is 3.49. The zero-order chi connectivity index (χ0) is 8.04. The second kappa shape index (κ2) is 4.68. The number of rotatable bonds is 5. The van der Waals surface area contributed by atoms with Gasteiger partial charge in [0, 0.05) is 5.75 Å². The van der Waals surface area contributed by atoms with E-state index < -0.39 is 9.84 Å². The Morgan fingerprint density at radius 3 is 2.30 bits per heavy atom. The predicted molar refractivity (Wildman–Crippen MR) is 42.6 cm³/mol. The van der Waals surface area contributed by atoms with Gasteiger partial charge in [-0.1, -0.05) is 6.92 Å². The Morgan fingerprint density at radius 1 is 1.30 bits per heavy atom. The van der Waals surface area contributed by atoms with Gasteiger partial charge in [0.05, 0.1) is 5.75 Å². The van der Waals surface area contributed by atoms with Crippen LogP contribution in [0.2, 0.25) is 0 Å². The molecule has 0 aliphatic carbocycles. The summed E-state index contributed by atoms with van der Waals surface area (Å²) in [6, 6.07) is 0. The summed E-state index contributed by atoms with van der Waals surface area (Å²) in [5.41, 5.74) is 5.20. The molecule has 62 valence electrons. The molecule has 0 aliphatic rings. The van der Waals surface area contributed by atoms with Crippen LogP contribution in [-0.2, 0) is 9.84 Å². The Kier molecular flexibility index (Phi) is 4.64. The molecule has 0 amide bonds. The first-order chi connectivity index (χ1) is 4.62. The quantitative estimate of drug-likeness (QED) is 0.590. The summed E-state index contributed by atoms with van der Waals surface area (Å²) < 4.78 is 21.7. The first kappa shape index (κ1) is 9.91. The van der Waals surface area contributed by atoms with E-state index in [0.29, 0.717) is 18.7 Å². The Hall–Kier alpha value is -0.0900. The zero-order valence-corrected chi connectivity index (χ0v) is 7.15. The molecule has 0 saturated heterocycles. The molecule has 0 unspecified atom stereocenters. The van der Waals surface area contributed by atoms with Crippen molar-refractivity contribution in [3.05, 3.63) is 0 Å². The molecular formula is C6H15NO2S. The van der Waals surface area contributed by atoms with Crippen molar-refractivity contribution in [2.75, 3.05) is 18.1 Å². The molecule has 0 radical (unpaired) electrons. The highest BCUT2D eigenvalue weighted by atomic mass is 32.2. The molecule has 0 aliphatic heterocycles. The normalized spacial score (nSPS) is 11.8. The van der Waals surface area contributed by atoms with Gasteiger partial charge in [-0.25, -0.2) is 8.42 Å². The fraction of sp³-hybridized carbons (Fsp3) is 1.00. The van der Waals surface area contributed by atoms with E-state index in [0.717, 1.165) is 6.42 Å². The molecule has 0 saturated carbocycles. The third-order valence-corrected chi connectivity index (χ3v) is 3.14.